The highest BCUT2D eigenvalue weighted by Crippen LogP contribution is 2.36. The summed E-state index contributed by atoms with van der Waals surface area (Å²) in [6, 6.07) is 11.8. The largest absolute Gasteiger partial charge is 0.478 e. The topological polar surface area (TPSA) is 74.7 Å². The zero-order chi connectivity index (χ0) is 17.3. The highest BCUT2D eigenvalue weighted by Gasteiger charge is 2.41. The van der Waals surface area contributed by atoms with Gasteiger partial charge in [0.15, 0.2) is 0 Å². The van der Waals surface area contributed by atoms with Gasteiger partial charge in [0, 0.05) is 11.3 Å². The second-order valence-corrected chi connectivity index (χ2v) is 6.38. The summed E-state index contributed by atoms with van der Waals surface area (Å²) in [4.78, 5) is 37.2. The molecule has 1 saturated heterocycles. The number of rotatable bonds is 4. The van der Waals surface area contributed by atoms with Gasteiger partial charge >= 0.3 is 5.97 Å². The van der Waals surface area contributed by atoms with Crippen LogP contribution in [0.25, 0.3) is 0 Å². The minimum atomic E-state index is -1.11. The molecule has 0 aliphatic carbocycles. The quantitative estimate of drug-likeness (QED) is 0.863. The van der Waals surface area contributed by atoms with Crippen molar-refractivity contribution in [1.29, 1.82) is 0 Å². The average molecular weight is 345 g/mol. The number of benzene rings is 2. The summed E-state index contributed by atoms with van der Waals surface area (Å²) in [5.41, 5.74) is -0.0192. The summed E-state index contributed by atoms with van der Waals surface area (Å²) in [6.45, 7) is 0. The third kappa shape index (κ3) is 2.90. The van der Waals surface area contributed by atoms with Gasteiger partial charge in [0.1, 0.15) is 5.82 Å². The fraction of sp³-hybridized carbons (Fsp3) is 0.118. The number of carbonyl (C=O) groups excluding carboxylic acids is 2. The predicted octanol–water partition coefficient (Wildman–Crippen LogP) is 2.95. The van der Waals surface area contributed by atoms with Gasteiger partial charge in [-0.3, -0.25) is 9.59 Å². The lowest BCUT2D eigenvalue weighted by Crippen LogP contribution is -2.31. The van der Waals surface area contributed by atoms with Crippen LogP contribution in [0.5, 0.6) is 0 Å². The Bertz CT molecular complexity index is 839. The number of aromatic carboxylic acids is 1. The number of hydrogen-bond donors (Lipinski definition) is 1. The maximum absolute atomic E-state index is 13.9. The summed E-state index contributed by atoms with van der Waals surface area (Å²) in [5.74, 6) is -2.82. The highest BCUT2D eigenvalue weighted by molar-refractivity contribution is 8.00. The van der Waals surface area contributed by atoms with Crippen LogP contribution < -0.4 is 4.90 Å². The van der Waals surface area contributed by atoms with Gasteiger partial charge in [0.25, 0.3) is 0 Å². The molecule has 5 nitrogen and oxygen atoms in total. The lowest BCUT2D eigenvalue weighted by atomic mass is 10.2. The number of halogens is 1. The minimum absolute atomic E-state index is 0.0621. The van der Waals surface area contributed by atoms with Crippen molar-refractivity contribution in [2.75, 3.05) is 4.90 Å². The van der Waals surface area contributed by atoms with Crippen molar-refractivity contribution in [3.05, 3.63) is 59.9 Å². The van der Waals surface area contributed by atoms with Gasteiger partial charge in [-0.1, -0.05) is 24.3 Å². The number of carbonyl (C=O) groups is 3. The summed E-state index contributed by atoms with van der Waals surface area (Å²) >= 11 is 1.01. The molecule has 0 bridgehead atoms. The third-order valence-electron chi connectivity index (χ3n) is 3.59. The van der Waals surface area contributed by atoms with Crippen molar-refractivity contribution in [1.82, 2.24) is 0 Å². The first-order chi connectivity index (χ1) is 11.5. The SMILES string of the molecule is O=C(O)c1ccccc1SC1CC(=O)N(c2ccccc2F)C1=O. The normalized spacial score (nSPS) is 17.4. The molecule has 2 amide bonds. The van der Waals surface area contributed by atoms with E-state index in [1.165, 1.54) is 24.3 Å². The summed E-state index contributed by atoms with van der Waals surface area (Å²) < 4.78 is 13.9. The van der Waals surface area contributed by atoms with Crippen molar-refractivity contribution in [3.63, 3.8) is 0 Å². The molecule has 1 heterocycles. The molecule has 3 rings (SSSR count). The lowest BCUT2D eigenvalue weighted by Gasteiger charge is -2.15. The first kappa shape index (κ1) is 16.2. The molecule has 1 atom stereocenters. The summed E-state index contributed by atoms with van der Waals surface area (Å²) in [5, 5.41) is 8.42. The van der Waals surface area contributed by atoms with E-state index < -0.39 is 28.9 Å². The molecular formula is C17H12FNO4S. The zero-order valence-electron chi connectivity index (χ0n) is 12.3. The van der Waals surface area contributed by atoms with Crippen LogP contribution in [0.15, 0.2) is 53.4 Å². The van der Waals surface area contributed by atoms with E-state index in [0.29, 0.717) is 4.90 Å². The molecule has 0 aromatic heterocycles. The van der Waals surface area contributed by atoms with Crippen molar-refractivity contribution in [2.45, 2.75) is 16.6 Å². The average Bonchev–Trinajstić information content (AvgIpc) is 2.82. The Morgan fingerprint density at radius 1 is 1.12 bits per heavy atom. The Balaban J connectivity index is 1.88. The van der Waals surface area contributed by atoms with Crippen molar-refractivity contribution < 1.29 is 23.9 Å². The van der Waals surface area contributed by atoms with E-state index in [0.717, 1.165) is 16.7 Å². The first-order valence-electron chi connectivity index (χ1n) is 7.09. The number of anilines is 1. The van der Waals surface area contributed by atoms with E-state index in [9.17, 15) is 23.9 Å². The fourth-order valence-corrected chi connectivity index (χ4v) is 3.66. The van der Waals surface area contributed by atoms with Crippen LogP contribution in [0.4, 0.5) is 10.1 Å². The number of carboxylic acids is 1. The predicted molar refractivity (Wildman–Crippen MR) is 86.6 cm³/mol. The van der Waals surface area contributed by atoms with Crippen LogP contribution >= 0.6 is 11.8 Å². The molecule has 122 valence electrons. The summed E-state index contributed by atoms with van der Waals surface area (Å²) in [6.07, 6.45) is -0.105. The first-order valence-corrected chi connectivity index (χ1v) is 7.97. The van der Waals surface area contributed by atoms with Crippen LogP contribution in [-0.4, -0.2) is 28.1 Å². The second kappa shape index (κ2) is 6.45. The molecule has 24 heavy (non-hydrogen) atoms. The molecule has 0 radical (unpaired) electrons. The van der Waals surface area contributed by atoms with Gasteiger partial charge in [-0.25, -0.2) is 14.1 Å². The van der Waals surface area contributed by atoms with Gasteiger partial charge in [0.2, 0.25) is 11.8 Å². The number of para-hydroxylation sites is 1. The van der Waals surface area contributed by atoms with Crippen LogP contribution in [0.2, 0.25) is 0 Å². The highest BCUT2D eigenvalue weighted by atomic mass is 32.2. The number of nitrogens with zero attached hydrogens (tertiary/aromatic N) is 1. The Hall–Kier alpha value is -2.67. The number of carboxylic acid groups (broad SMARTS) is 1. The Morgan fingerprint density at radius 3 is 2.50 bits per heavy atom. The van der Waals surface area contributed by atoms with Crippen LogP contribution in [0.3, 0.4) is 0 Å². The molecule has 2 aromatic carbocycles. The maximum Gasteiger partial charge on any atom is 0.336 e. The molecule has 1 unspecified atom stereocenters. The Kier molecular flexibility index (Phi) is 4.35. The molecule has 7 heteroatoms. The molecule has 0 saturated carbocycles. The van der Waals surface area contributed by atoms with E-state index in [-0.39, 0.29) is 17.7 Å². The monoisotopic (exact) mass is 345 g/mol. The summed E-state index contributed by atoms with van der Waals surface area (Å²) in [7, 11) is 0. The zero-order valence-corrected chi connectivity index (χ0v) is 13.1. The number of hydrogen-bond acceptors (Lipinski definition) is 4. The molecule has 1 N–H and O–H groups in total. The smallest absolute Gasteiger partial charge is 0.336 e. The van der Waals surface area contributed by atoms with Crippen molar-refractivity contribution in [2.24, 2.45) is 0 Å². The van der Waals surface area contributed by atoms with E-state index in [4.69, 9.17) is 0 Å². The molecule has 1 fully saturated rings. The number of thioether (sulfide) groups is 1. The Labute approximate surface area is 141 Å². The van der Waals surface area contributed by atoms with Gasteiger partial charge in [0.05, 0.1) is 16.5 Å². The van der Waals surface area contributed by atoms with Crippen molar-refractivity contribution >= 4 is 35.2 Å². The van der Waals surface area contributed by atoms with Gasteiger partial charge in [-0.15, -0.1) is 11.8 Å². The van der Waals surface area contributed by atoms with Gasteiger partial charge in [-0.2, -0.15) is 0 Å². The molecule has 1 aliphatic heterocycles. The number of imide groups is 1. The van der Waals surface area contributed by atoms with Crippen LogP contribution in [0.1, 0.15) is 16.8 Å². The Morgan fingerprint density at radius 2 is 1.79 bits per heavy atom. The fourth-order valence-electron chi connectivity index (χ4n) is 2.48. The maximum atomic E-state index is 13.9. The number of amides is 2. The standard InChI is InChI=1S/C17H12FNO4S/c18-11-6-2-3-7-12(11)19-15(20)9-14(16(19)21)24-13-8-4-1-5-10(13)17(22)23/h1-8,14H,9H2,(H,22,23). The van der Waals surface area contributed by atoms with Crippen LogP contribution in [0, 0.1) is 5.82 Å². The van der Waals surface area contributed by atoms with E-state index in [2.05, 4.69) is 0 Å². The van der Waals surface area contributed by atoms with Gasteiger partial charge < -0.3 is 5.11 Å². The molecule has 1 aliphatic rings. The molecular weight excluding hydrogens is 333 g/mol. The molecule has 2 aromatic rings. The van der Waals surface area contributed by atoms with E-state index in [1.54, 1.807) is 24.3 Å². The van der Waals surface area contributed by atoms with Crippen molar-refractivity contribution in [3.8, 4) is 0 Å². The van der Waals surface area contributed by atoms with Gasteiger partial charge in [-0.05, 0) is 24.3 Å². The van der Waals surface area contributed by atoms with E-state index >= 15 is 0 Å². The lowest BCUT2D eigenvalue weighted by molar-refractivity contribution is -0.121. The minimum Gasteiger partial charge on any atom is -0.478 e. The van der Waals surface area contributed by atoms with E-state index in [1.807, 2.05) is 0 Å². The molecule has 0 spiro atoms. The third-order valence-corrected chi connectivity index (χ3v) is 4.85. The van der Waals surface area contributed by atoms with Crippen LogP contribution in [-0.2, 0) is 9.59 Å². The second-order valence-electron chi connectivity index (χ2n) is 5.13.